The van der Waals surface area contributed by atoms with Crippen LogP contribution in [-0.2, 0) is 9.59 Å². The predicted octanol–water partition coefficient (Wildman–Crippen LogP) is 0.890. The van der Waals surface area contributed by atoms with Gasteiger partial charge in [0.2, 0.25) is 5.91 Å². The fourth-order valence-electron chi connectivity index (χ4n) is 2.24. The summed E-state index contributed by atoms with van der Waals surface area (Å²) in [7, 11) is 0. The summed E-state index contributed by atoms with van der Waals surface area (Å²) in [4.78, 5) is 23.0. The van der Waals surface area contributed by atoms with Crippen LogP contribution in [0.2, 0.25) is 0 Å². The molecule has 0 atom stereocenters. The lowest BCUT2D eigenvalue weighted by molar-refractivity contribution is -0.149. The zero-order valence-corrected chi connectivity index (χ0v) is 10.4. The largest absolute Gasteiger partial charge is 0.480 e. The molecule has 0 heterocycles. The Kier molecular flexibility index (Phi) is 5.41. The molecule has 17 heavy (non-hydrogen) atoms. The monoisotopic (exact) mass is 242 g/mol. The highest BCUT2D eigenvalue weighted by atomic mass is 16.4. The molecular formula is C12H22N2O3. The molecule has 0 unspecified atom stereocenters. The maximum atomic E-state index is 11.7. The molecule has 1 rings (SSSR count). The first-order valence-corrected chi connectivity index (χ1v) is 6.36. The predicted molar refractivity (Wildman–Crippen MR) is 64.8 cm³/mol. The lowest BCUT2D eigenvalue weighted by Crippen LogP contribution is -2.57. The molecule has 0 spiro atoms. The van der Waals surface area contributed by atoms with Crippen molar-refractivity contribution in [1.29, 1.82) is 0 Å². The quantitative estimate of drug-likeness (QED) is 0.604. The molecule has 98 valence electrons. The second-order valence-corrected chi connectivity index (χ2v) is 4.67. The Balaban J connectivity index is 2.48. The first-order valence-electron chi connectivity index (χ1n) is 6.36. The van der Waals surface area contributed by atoms with Gasteiger partial charge in [0.15, 0.2) is 0 Å². The molecule has 1 aliphatic rings. The zero-order valence-electron chi connectivity index (χ0n) is 10.4. The van der Waals surface area contributed by atoms with Crippen molar-refractivity contribution in [3.05, 3.63) is 0 Å². The molecule has 1 saturated carbocycles. The number of nitrogens with one attached hydrogen (secondary N) is 2. The minimum atomic E-state index is -1.02. The highest BCUT2D eigenvalue weighted by molar-refractivity contribution is 5.87. The van der Waals surface area contributed by atoms with Gasteiger partial charge < -0.3 is 15.7 Å². The van der Waals surface area contributed by atoms with E-state index in [9.17, 15) is 14.7 Å². The average Bonchev–Trinajstić information content (AvgIpc) is 2.30. The minimum Gasteiger partial charge on any atom is -0.480 e. The Hall–Kier alpha value is -1.10. The van der Waals surface area contributed by atoms with Crippen molar-refractivity contribution in [2.24, 2.45) is 0 Å². The highest BCUT2D eigenvalue weighted by Gasteiger charge is 2.40. The fraction of sp³-hybridized carbons (Fsp3) is 0.833. The second kappa shape index (κ2) is 6.59. The lowest BCUT2D eigenvalue weighted by atomic mass is 9.81. The summed E-state index contributed by atoms with van der Waals surface area (Å²) in [6.07, 6.45) is 4.84. The van der Waals surface area contributed by atoms with Crippen molar-refractivity contribution in [3.8, 4) is 0 Å². The number of carboxylic acid groups (broad SMARTS) is 1. The van der Waals surface area contributed by atoms with Crippen LogP contribution in [-0.4, -0.2) is 35.6 Å². The molecule has 0 saturated heterocycles. The number of rotatable bonds is 6. The summed E-state index contributed by atoms with van der Waals surface area (Å²) >= 11 is 0. The zero-order chi connectivity index (χ0) is 12.7. The number of carbonyl (C=O) groups is 2. The summed E-state index contributed by atoms with van der Waals surface area (Å²) < 4.78 is 0. The molecule has 0 aromatic carbocycles. The fourth-order valence-corrected chi connectivity index (χ4v) is 2.24. The molecule has 0 aromatic rings. The number of hydrogen-bond acceptors (Lipinski definition) is 3. The molecular weight excluding hydrogens is 220 g/mol. The summed E-state index contributed by atoms with van der Waals surface area (Å²) in [6, 6.07) is 0. The Morgan fingerprint density at radius 1 is 1.24 bits per heavy atom. The number of amides is 1. The molecule has 5 nitrogen and oxygen atoms in total. The van der Waals surface area contributed by atoms with Gasteiger partial charge in [0.25, 0.3) is 0 Å². The van der Waals surface area contributed by atoms with Crippen molar-refractivity contribution in [2.75, 3.05) is 13.1 Å². The standard InChI is InChI=1S/C12H22N2O3/c1-2-8-13-9-10(15)14-12(11(16)17)6-4-3-5-7-12/h13H,2-9H2,1H3,(H,14,15)(H,16,17). The van der Waals surface area contributed by atoms with Crippen molar-refractivity contribution in [3.63, 3.8) is 0 Å². The van der Waals surface area contributed by atoms with E-state index in [-0.39, 0.29) is 12.5 Å². The number of carbonyl (C=O) groups excluding carboxylic acids is 1. The molecule has 0 radical (unpaired) electrons. The Bertz CT molecular complexity index is 273. The van der Waals surface area contributed by atoms with Crippen molar-refractivity contribution in [1.82, 2.24) is 10.6 Å². The van der Waals surface area contributed by atoms with Crippen LogP contribution in [0, 0.1) is 0 Å². The number of carboxylic acids is 1. The maximum Gasteiger partial charge on any atom is 0.329 e. The first-order chi connectivity index (χ1) is 8.10. The van der Waals surface area contributed by atoms with Crippen LogP contribution in [0.15, 0.2) is 0 Å². The smallest absolute Gasteiger partial charge is 0.329 e. The number of aliphatic carboxylic acids is 1. The number of hydrogen-bond donors (Lipinski definition) is 3. The van der Waals surface area contributed by atoms with Crippen LogP contribution in [0.4, 0.5) is 0 Å². The Morgan fingerprint density at radius 3 is 2.41 bits per heavy atom. The SMILES string of the molecule is CCCNCC(=O)NC1(C(=O)O)CCCCC1. The van der Waals surface area contributed by atoms with E-state index >= 15 is 0 Å². The van der Waals surface area contributed by atoms with Gasteiger partial charge >= 0.3 is 5.97 Å². The topological polar surface area (TPSA) is 78.4 Å². The molecule has 1 amide bonds. The van der Waals surface area contributed by atoms with Crippen LogP contribution in [0.5, 0.6) is 0 Å². The third-order valence-corrected chi connectivity index (χ3v) is 3.21. The van der Waals surface area contributed by atoms with E-state index in [4.69, 9.17) is 0 Å². The normalized spacial score (nSPS) is 18.6. The first kappa shape index (κ1) is 14.0. The van der Waals surface area contributed by atoms with Crippen LogP contribution < -0.4 is 10.6 Å². The summed E-state index contributed by atoms with van der Waals surface area (Å²) in [5.74, 6) is -1.12. The van der Waals surface area contributed by atoms with Crippen LogP contribution >= 0.6 is 0 Å². The van der Waals surface area contributed by atoms with E-state index in [1.807, 2.05) is 6.92 Å². The van der Waals surface area contributed by atoms with E-state index in [1.54, 1.807) is 0 Å². The molecule has 0 aromatic heterocycles. The van der Waals surface area contributed by atoms with Crippen LogP contribution in [0.3, 0.4) is 0 Å². The van der Waals surface area contributed by atoms with Gasteiger partial charge in [0.05, 0.1) is 6.54 Å². The van der Waals surface area contributed by atoms with E-state index < -0.39 is 11.5 Å². The molecule has 1 aliphatic carbocycles. The molecule has 0 aliphatic heterocycles. The summed E-state index contributed by atoms with van der Waals surface area (Å²) in [6.45, 7) is 2.99. The van der Waals surface area contributed by atoms with Gasteiger partial charge in [-0.2, -0.15) is 0 Å². The molecule has 1 fully saturated rings. The molecule has 5 heteroatoms. The highest BCUT2D eigenvalue weighted by Crippen LogP contribution is 2.28. The van der Waals surface area contributed by atoms with Crippen molar-refractivity contribution in [2.45, 2.75) is 51.0 Å². The van der Waals surface area contributed by atoms with Crippen molar-refractivity contribution >= 4 is 11.9 Å². The van der Waals surface area contributed by atoms with E-state index in [2.05, 4.69) is 10.6 Å². The van der Waals surface area contributed by atoms with Gasteiger partial charge in [-0.05, 0) is 25.8 Å². The van der Waals surface area contributed by atoms with Gasteiger partial charge in [-0.25, -0.2) is 4.79 Å². The van der Waals surface area contributed by atoms with Gasteiger partial charge in [-0.3, -0.25) is 4.79 Å². The van der Waals surface area contributed by atoms with E-state index in [0.717, 1.165) is 32.2 Å². The third-order valence-electron chi connectivity index (χ3n) is 3.21. The Morgan fingerprint density at radius 2 is 1.88 bits per heavy atom. The molecule has 0 bridgehead atoms. The van der Waals surface area contributed by atoms with Gasteiger partial charge in [0, 0.05) is 0 Å². The van der Waals surface area contributed by atoms with Crippen LogP contribution in [0.25, 0.3) is 0 Å². The van der Waals surface area contributed by atoms with E-state index in [1.165, 1.54) is 0 Å². The van der Waals surface area contributed by atoms with Gasteiger partial charge in [-0.15, -0.1) is 0 Å². The lowest BCUT2D eigenvalue weighted by Gasteiger charge is -2.34. The second-order valence-electron chi connectivity index (χ2n) is 4.67. The van der Waals surface area contributed by atoms with E-state index in [0.29, 0.717) is 12.8 Å². The average molecular weight is 242 g/mol. The maximum absolute atomic E-state index is 11.7. The molecule has 3 N–H and O–H groups in total. The third kappa shape index (κ3) is 4.00. The van der Waals surface area contributed by atoms with Gasteiger partial charge in [-0.1, -0.05) is 26.2 Å². The summed E-state index contributed by atoms with van der Waals surface area (Å²) in [5, 5.41) is 14.9. The Labute approximate surface area is 102 Å². The summed E-state index contributed by atoms with van der Waals surface area (Å²) in [5.41, 5.74) is -1.02. The van der Waals surface area contributed by atoms with Crippen LogP contribution in [0.1, 0.15) is 45.4 Å². The van der Waals surface area contributed by atoms with Crippen molar-refractivity contribution < 1.29 is 14.7 Å². The van der Waals surface area contributed by atoms with Gasteiger partial charge in [0.1, 0.15) is 5.54 Å². The minimum absolute atomic E-state index is 0.197.